The van der Waals surface area contributed by atoms with Crippen molar-refractivity contribution in [3.8, 4) is 5.75 Å². The first-order valence-corrected chi connectivity index (χ1v) is 7.05. The first-order valence-electron chi connectivity index (χ1n) is 6.23. The maximum atomic E-state index is 5.98. The lowest BCUT2D eigenvalue weighted by Crippen LogP contribution is -1.91. The number of hydrogen-bond donors (Lipinski definition) is 1. The van der Waals surface area contributed by atoms with Crippen molar-refractivity contribution in [3.63, 3.8) is 0 Å². The minimum Gasteiger partial charge on any atom is -0.496 e. The van der Waals surface area contributed by atoms with Crippen LogP contribution in [0.2, 0.25) is 0 Å². The van der Waals surface area contributed by atoms with E-state index < -0.39 is 0 Å². The lowest BCUT2D eigenvalue weighted by Gasteiger charge is -2.10. The highest BCUT2D eigenvalue weighted by molar-refractivity contribution is 7.99. The smallest absolute Gasteiger partial charge is 0.132 e. The minimum absolute atomic E-state index is 0.699. The third kappa shape index (κ3) is 2.30. The molecule has 0 saturated heterocycles. The van der Waals surface area contributed by atoms with Crippen molar-refractivity contribution in [2.45, 2.75) is 9.79 Å². The Hall–Kier alpha value is -2.20. The predicted octanol–water partition coefficient (Wildman–Crippen LogP) is 3.98. The average Bonchev–Trinajstić information content (AvgIpc) is 2.51. The van der Waals surface area contributed by atoms with E-state index in [1.807, 2.05) is 48.5 Å². The zero-order valence-electron chi connectivity index (χ0n) is 11.0. The van der Waals surface area contributed by atoms with E-state index in [2.05, 4.69) is 4.98 Å². The zero-order valence-corrected chi connectivity index (χ0v) is 11.9. The average molecular weight is 282 g/mol. The molecule has 4 heteroatoms. The van der Waals surface area contributed by atoms with E-state index >= 15 is 0 Å². The number of nitrogens with zero attached hydrogens (tertiary/aromatic N) is 1. The molecule has 3 aromatic rings. The van der Waals surface area contributed by atoms with Crippen molar-refractivity contribution in [2.75, 3.05) is 12.8 Å². The molecule has 0 bridgehead atoms. The van der Waals surface area contributed by atoms with Crippen molar-refractivity contribution in [1.82, 2.24) is 4.98 Å². The molecule has 0 aliphatic rings. The number of ether oxygens (including phenoxy) is 1. The summed E-state index contributed by atoms with van der Waals surface area (Å²) in [5.74, 6) is 0.867. The van der Waals surface area contributed by atoms with Crippen LogP contribution in [0.5, 0.6) is 5.75 Å². The number of aromatic nitrogens is 1. The van der Waals surface area contributed by atoms with Gasteiger partial charge in [0.25, 0.3) is 0 Å². The van der Waals surface area contributed by atoms with Gasteiger partial charge in [0.1, 0.15) is 5.75 Å². The second kappa shape index (κ2) is 5.43. The van der Waals surface area contributed by atoms with Crippen LogP contribution in [0, 0.1) is 0 Å². The molecule has 2 aromatic carbocycles. The SMILES string of the molecule is COc1ccccc1Sc1ccc(N)c2ncccc12. The van der Waals surface area contributed by atoms with Gasteiger partial charge in [-0.05, 0) is 30.3 Å². The van der Waals surface area contributed by atoms with Gasteiger partial charge in [-0.1, -0.05) is 30.0 Å². The van der Waals surface area contributed by atoms with Gasteiger partial charge in [0.2, 0.25) is 0 Å². The number of methoxy groups -OCH3 is 1. The molecular formula is C16H14N2OS. The molecule has 0 radical (unpaired) electrons. The van der Waals surface area contributed by atoms with Gasteiger partial charge in [-0.25, -0.2) is 0 Å². The molecule has 0 aliphatic heterocycles. The predicted molar refractivity (Wildman–Crippen MR) is 83.3 cm³/mol. The topological polar surface area (TPSA) is 48.1 Å². The van der Waals surface area contributed by atoms with Gasteiger partial charge in [0.05, 0.1) is 23.2 Å². The second-order valence-corrected chi connectivity index (χ2v) is 5.39. The number of nitrogens with two attached hydrogens (primary N) is 1. The Bertz CT molecular complexity index is 758. The lowest BCUT2D eigenvalue weighted by atomic mass is 10.2. The largest absolute Gasteiger partial charge is 0.496 e. The van der Waals surface area contributed by atoms with E-state index in [1.54, 1.807) is 25.1 Å². The molecule has 1 aromatic heterocycles. The van der Waals surface area contributed by atoms with Crippen LogP contribution < -0.4 is 10.5 Å². The molecule has 0 saturated carbocycles. The van der Waals surface area contributed by atoms with E-state index in [1.165, 1.54) is 0 Å². The molecule has 3 nitrogen and oxygen atoms in total. The Balaban J connectivity index is 2.09. The molecule has 0 aliphatic carbocycles. The summed E-state index contributed by atoms with van der Waals surface area (Å²) < 4.78 is 5.39. The monoisotopic (exact) mass is 282 g/mol. The van der Waals surface area contributed by atoms with E-state index in [-0.39, 0.29) is 0 Å². The zero-order chi connectivity index (χ0) is 13.9. The van der Waals surface area contributed by atoms with Crippen LogP contribution in [-0.4, -0.2) is 12.1 Å². The molecule has 0 unspecified atom stereocenters. The van der Waals surface area contributed by atoms with Crippen LogP contribution in [0.1, 0.15) is 0 Å². The molecule has 100 valence electrons. The summed E-state index contributed by atoms with van der Waals surface area (Å²) in [6.45, 7) is 0. The highest BCUT2D eigenvalue weighted by Crippen LogP contribution is 2.38. The summed E-state index contributed by atoms with van der Waals surface area (Å²) >= 11 is 1.66. The third-order valence-corrected chi connectivity index (χ3v) is 4.18. The van der Waals surface area contributed by atoms with Gasteiger partial charge in [-0.15, -0.1) is 0 Å². The van der Waals surface area contributed by atoms with Gasteiger partial charge in [0, 0.05) is 16.5 Å². The van der Waals surface area contributed by atoms with Crippen molar-refractivity contribution < 1.29 is 4.74 Å². The summed E-state index contributed by atoms with van der Waals surface area (Å²) in [4.78, 5) is 6.55. The molecule has 0 spiro atoms. The van der Waals surface area contributed by atoms with Gasteiger partial charge in [0.15, 0.2) is 0 Å². The highest BCUT2D eigenvalue weighted by Gasteiger charge is 2.09. The summed E-state index contributed by atoms with van der Waals surface area (Å²) in [6, 6.07) is 15.9. The van der Waals surface area contributed by atoms with Crippen LogP contribution in [-0.2, 0) is 0 Å². The summed E-state index contributed by atoms with van der Waals surface area (Å²) in [6.07, 6.45) is 1.76. The van der Waals surface area contributed by atoms with Crippen molar-refractivity contribution in [1.29, 1.82) is 0 Å². The number of fused-ring (bicyclic) bond motifs is 1. The Morgan fingerprint density at radius 3 is 2.70 bits per heavy atom. The van der Waals surface area contributed by atoms with E-state index in [0.29, 0.717) is 5.69 Å². The van der Waals surface area contributed by atoms with E-state index in [0.717, 1.165) is 26.4 Å². The molecule has 0 fully saturated rings. The molecule has 1 heterocycles. The number of benzene rings is 2. The Kier molecular flexibility index (Phi) is 3.48. The highest BCUT2D eigenvalue weighted by atomic mass is 32.2. The standard InChI is InChI=1S/C16H14N2OS/c1-19-13-6-2-3-7-15(13)20-14-9-8-12(17)16-11(14)5-4-10-18-16/h2-10H,17H2,1H3. The number of anilines is 1. The Morgan fingerprint density at radius 1 is 1.00 bits per heavy atom. The molecule has 20 heavy (non-hydrogen) atoms. The summed E-state index contributed by atoms with van der Waals surface area (Å²) in [7, 11) is 1.68. The van der Waals surface area contributed by atoms with Gasteiger partial charge >= 0.3 is 0 Å². The molecule has 2 N–H and O–H groups in total. The number of para-hydroxylation sites is 1. The number of nitrogen functional groups attached to an aromatic ring is 1. The number of pyridine rings is 1. The Morgan fingerprint density at radius 2 is 1.85 bits per heavy atom. The van der Waals surface area contributed by atoms with Gasteiger partial charge < -0.3 is 10.5 Å². The maximum absolute atomic E-state index is 5.98. The fourth-order valence-electron chi connectivity index (χ4n) is 2.08. The first kappa shape index (κ1) is 12.8. The lowest BCUT2D eigenvalue weighted by molar-refractivity contribution is 0.405. The van der Waals surface area contributed by atoms with Crippen LogP contribution in [0.3, 0.4) is 0 Å². The summed E-state index contributed by atoms with van der Waals surface area (Å²) in [5.41, 5.74) is 7.52. The fraction of sp³-hybridized carbons (Fsp3) is 0.0625. The van der Waals surface area contributed by atoms with Crippen LogP contribution in [0.4, 0.5) is 5.69 Å². The van der Waals surface area contributed by atoms with Gasteiger partial charge in [-0.2, -0.15) is 0 Å². The van der Waals surface area contributed by atoms with Crippen molar-refractivity contribution in [2.24, 2.45) is 0 Å². The van der Waals surface area contributed by atoms with Crippen molar-refractivity contribution in [3.05, 3.63) is 54.7 Å². The van der Waals surface area contributed by atoms with Crippen LogP contribution in [0.25, 0.3) is 10.9 Å². The minimum atomic E-state index is 0.699. The number of rotatable bonds is 3. The van der Waals surface area contributed by atoms with Crippen molar-refractivity contribution >= 4 is 28.4 Å². The molecular weight excluding hydrogens is 268 g/mol. The molecule has 0 atom stereocenters. The molecule has 3 rings (SSSR count). The fourth-order valence-corrected chi connectivity index (χ4v) is 3.13. The maximum Gasteiger partial charge on any atom is 0.132 e. The first-order chi connectivity index (χ1) is 9.79. The van der Waals surface area contributed by atoms with E-state index in [9.17, 15) is 0 Å². The normalized spacial score (nSPS) is 10.7. The quantitative estimate of drug-likeness (QED) is 0.738. The molecule has 0 amide bonds. The Labute approximate surface area is 121 Å². The van der Waals surface area contributed by atoms with E-state index in [4.69, 9.17) is 10.5 Å². The van der Waals surface area contributed by atoms with Crippen LogP contribution >= 0.6 is 11.8 Å². The second-order valence-electron chi connectivity index (χ2n) is 4.31. The van der Waals surface area contributed by atoms with Gasteiger partial charge in [-0.3, -0.25) is 4.98 Å². The van der Waals surface area contributed by atoms with Crippen LogP contribution in [0.15, 0.2) is 64.5 Å². The summed E-state index contributed by atoms with van der Waals surface area (Å²) in [5, 5.41) is 1.06. The number of hydrogen-bond acceptors (Lipinski definition) is 4. The third-order valence-electron chi connectivity index (χ3n) is 3.05.